The number of carbonyl (C=O) groups excluding carboxylic acids is 1. The molecule has 0 aromatic heterocycles. The first-order chi connectivity index (χ1) is 9.86. The molecule has 0 radical (unpaired) electrons. The molecule has 0 atom stereocenters. The molecule has 0 bridgehead atoms. The van der Waals surface area contributed by atoms with Crippen molar-refractivity contribution in [2.75, 3.05) is 6.61 Å². The molecule has 0 saturated heterocycles. The second kappa shape index (κ2) is 6.89. The minimum atomic E-state index is -3.85. The van der Waals surface area contributed by atoms with Crippen LogP contribution in [0.4, 0.5) is 0 Å². The quantitative estimate of drug-likeness (QED) is 0.819. The van der Waals surface area contributed by atoms with E-state index in [2.05, 4.69) is 15.9 Å². The number of primary sulfonamides is 1. The van der Waals surface area contributed by atoms with Crippen molar-refractivity contribution >= 4 is 31.9 Å². The highest BCUT2D eigenvalue weighted by Gasteiger charge is 2.18. The second-order valence-electron chi connectivity index (χ2n) is 5.32. The van der Waals surface area contributed by atoms with E-state index in [-0.39, 0.29) is 10.5 Å². The number of nitrogens with two attached hydrogens (primary N) is 1. The summed E-state index contributed by atoms with van der Waals surface area (Å²) in [5.41, 5.74) is 0.184. The van der Waals surface area contributed by atoms with Crippen molar-refractivity contribution in [3.05, 3.63) is 28.2 Å². The van der Waals surface area contributed by atoms with E-state index < -0.39 is 16.0 Å². The molecule has 1 aliphatic rings. The van der Waals surface area contributed by atoms with E-state index >= 15 is 0 Å². The van der Waals surface area contributed by atoms with Gasteiger partial charge in [0.2, 0.25) is 10.0 Å². The molecule has 1 aromatic carbocycles. The summed E-state index contributed by atoms with van der Waals surface area (Å²) in [4.78, 5) is 11.9. The summed E-state index contributed by atoms with van der Waals surface area (Å²) in [6.07, 6.45) is 5.75. The molecule has 1 aliphatic carbocycles. The zero-order valence-corrected chi connectivity index (χ0v) is 14.0. The van der Waals surface area contributed by atoms with Gasteiger partial charge in [0.25, 0.3) is 0 Å². The lowest BCUT2D eigenvalue weighted by molar-refractivity contribution is 0.0410. The first kappa shape index (κ1) is 16.5. The van der Waals surface area contributed by atoms with Crippen molar-refractivity contribution < 1.29 is 17.9 Å². The number of halogens is 1. The van der Waals surface area contributed by atoms with Crippen molar-refractivity contribution in [2.45, 2.75) is 37.0 Å². The van der Waals surface area contributed by atoms with Crippen molar-refractivity contribution in [1.82, 2.24) is 0 Å². The fourth-order valence-electron chi connectivity index (χ4n) is 2.48. The van der Waals surface area contributed by atoms with Crippen molar-refractivity contribution in [1.29, 1.82) is 0 Å². The van der Waals surface area contributed by atoms with Gasteiger partial charge >= 0.3 is 5.97 Å². The maximum Gasteiger partial charge on any atom is 0.338 e. The molecule has 2 rings (SSSR count). The zero-order valence-electron chi connectivity index (χ0n) is 11.5. The van der Waals surface area contributed by atoms with Gasteiger partial charge < -0.3 is 4.74 Å². The standard InChI is InChI=1S/C14H18BrNO4S/c15-12-6-11(7-13(8-12)21(16,18)19)14(17)20-9-10-4-2-1-3-5-10/h6-8,10H,1-5,9H2,(H2,16,18,19). The second-order valence-corrected chi connectivity index (χ2v) is 7.80. The Bertz CT molecular complexity index is 624. The van der Waals surface area contributed by atoms with Crippen molar-refractivity contribution in [3.63, 3.8) is 0 Å². The number of carbonyl (C=O) groups is 1. The highest BCUT2D eigenvalue weighted by molar-refractivity contribution is 9.10. The number of hydrogen-bond donors (Lipinski definition) is 1. The van der Waals surface area contributed by atoms with Gasteiger partial charge in [-0.15, -0.1) is 0 Å². The lowest BCUT2D eigenvalue weighted by atomic mass is 9.90. The Morgan fingerprint density at radius 1 is 1.24 bits per heavy atom. The van der Waals surface area contributed by atoms with Gasteiger partial charge in [0.15, 0.2) is 0 Å². The number of rotatable bonds is 4. The van der Waals surface area contributed by atoms with Crippen LogP contribution in [0.25, 0.3) is 0 Å². The van der Waals surface area contributed by atoms with Gasteiger partial charge in [-0.05, 0) is 37.0 Å². The highest BCUT2D eigenvalue weighted by atomic mass is 79.9. The van der Waals surface area contributed by atoms with E-state index in [0.29, 0.717) is 17.0 Å². The predicted molar refractivity (Wildman–Crippen MR) is 82.4 cm³/mol. The average molecular weight is 376 g/mol. The van der Waals surface area contributed by atoms with Crippen LogP contribution in [0.15, 0.2) is 27.6 Å². The highest BCUT2D eigenvalue weighted by Crippen LogP contribution is 2.24. The van der Waals surface area contributed by atoms with Gasteiger partial charge in [-0.1, -0.05) is 35.2 Å². The molecule has 2 N–H and O–H groups in total. The summed E-state index contributed by atoms with van der Waals surface area (Å²) in [6, 6.07) is 4.12. The maximum atomic E-state index is 12.0. The van der Waals surface area contributed by atoms with E-state index in [1.807, 2.05) is 0 Å². The van der Waals surface area contributed by atoms with E-state index in [9.17, 15) is 13.2 Å². The molecular formula is C14H18BrNO4S. The van der Waals surface area contributed by atoms with Crippen molar-refractivity contribution in [3.8, 4) is 0 Å². The number of sulfonamides is 1. The molecule has 1 aromatic rings. The Morgan fingerprint density at radius 2 is 1.90 bits per heavy atom. The Labute approximate surface area is 133 Å². The summed E-state index contributed by atoms with van der Waals surface area (Å²) in [6.45, 7) is 0.385. The number of esters is 1. The van der Waals surface area contributed by atoms with Crippen LogP contribution >= 0.6 is 15.9 Å². The van der Waals surface area contributed by atoms with Gasteiger partial charge in [-0.25, -0.2) is 18.4 Å². The van der Waals surface area contributed by atoms with Crippen LogP contribution in [0.3, 0.4) is 0 Å². The molecule has 21 heavy (non-hydrogen) atoms. The van der Waals surface area contributed by atoms with Crippen LogP contribution in [0.5, 0.6) is 0 Å². The number of benzene rings is 1. The summed E-state index contributed by atoms with van der Waals surface area (Å²) in [5.74, 6) is -0.112. The molecule has 5 nitrogen and oxygen atoms in total. The van der Waals surface area contributed by atoms with E-state index in [1.165, 1.54) is 37.5 Å². The molecule has 0 heterocycles. The molecule has 0 unspecified atom stereocenters. The summed E-state index contributed by atoms with van der Waals surface area (Å²) in [7, 11) is -3.85. The summed E-state index contributed by atoms with van der Waals surface area (Å²) >= 11 is 3.17. The minimum absolute atomic E-state index is 0.110. The van der Waals surface area contributed by atoms with Gasteiger partial charge in [0.1, 0.15) is 0 Å². The van der Waals surface area contributed by atoms with Gasteiger partial charge in [-0.2, -0.15) is 0 Å². The molecule has 116 valence electrons. The van der Waals surface area contributed by atoms with Gasteiger partial charge in [0.05, 0.1) is 17.1 Å². The van der Waals surface area contributed by atoms with E-state index in [4.69, 9.17) is 9.88 Å². The Morgan fingerprint density at radius 3 is 2.52 bits per heavy atom. The third-order valence-electron chi connectivity index (χ3n) is 3.61. The minimum Gasteiger partial charge on any atom is -0.462 e. The summed E-state index contributed by atoms with van der Waals surface area (Å²) < 4.78 is 28.5. The molecule has 0 aliphatic heterocycles. The fraction of sp³-hybridized carbons (Fsp3) is 0.500. The number of ether oxygens (including phenoxy) is 1. The van der Waals surface area contributed by atoms with Crippen LogP contribution in [0.1, 0.15) is 42.5 Å². The molecule has 0 amide bonds. The zero-order chi connectivity index (χ0) is 15.5. The lowest BCUT2D eigenvalue weighted by Gasteiger charge is -2.21. The van der Waals surface area contributed by atoms with Crippen LogP contribution in [0.2, 0.25) is 0 Å². The monoisotopic (exact) mass is 375 g/mol. The Hall–Kier alpha value is -0.920. The molecular weight excluding hydrogens is 358 g/mol. The lowest BCUT2D eigenvalue weighted by Crippen LogP contribution is -2.18. The molecule has 0 spiro atoms. The van der Waals surface area contributed by atoms with Gasteiger partial charge in [0, 0.05) is 4.47 Å². The maximum absolute atomic E-state index is 12.0. The summed E-state index contributed by atoms with van der Waals surface area (Å²) in [5, 5.41) is 5.08. The van der Waals surface area contributed by atoms with E-state index in [0.717, 1.165) is 12.8 Å². The number of hydrogen-bond acceptors (Lipinski definition) is 4. The van der Waals surface area contributed by atoms with Crippen LogP contribution in [-0.2, 0) is 14.8 Å². The van der Waals surface area contributed by atoms with Crippen LogP contribution < -0.4 is 5.14 Å². The SMILES string of the molecule is NS(=O)(=O)c1cc(Br)cc(C(=O)OCC2CCCCC2)c1. The average Bonchev–Trinajstić information content (AvgIpc) is 2.44. The third-order valence-corrected chi connectivity index (χ3v) is 4.96. The topological polar surface area (TPSA) is 86.5 Å². The predicted octanol–water partition coefficient (Wildman–Crippen LogP) is 2.83. The molecule has 1 fully saturated rings. The molecule has 7 heteroatoms. The smallest absolute Gasteiger partial charge is 0.338 e. The Kier molecular flexibility index (Phi) is 5.40. The fourth-order valence-corrected chi connectivity index (χ4v) is 3.70. The Balaban J connectivity index is 2.06. The largest absolute Gasteiger partial charge is 0.462 e. The van der Waals surface area contributed by atoms with Crippen LogP contribution in [-0.4, -0.2) is 21.0 Å². The first-order valence-corrected chi connectivity index (χ1v) is 9.21. The molecule has 1 saturated carbocycles. The van der Waals surface area contributed by atoms with E-state index in [1.54, 1.807) is 0 Å². The normalized spacial score (nSPS) is 16.7. The van der Waals surface area contributed by atoms with Crippen LogP contribution in [0, 0.1) is 5.92 Å². The van der Waals surface area contributed by atoms with Crippen molar-refractivity contribution in [2.24, 2.45) is 11.1 Å². The van der Waals surface area contributed by atoms with Gasteiger partial charge in [-0.3, -0.25) is 0 Å². The third kappa shape index (κ3) is 4.79. The first-order valence-electron chi connectivity index (χ1n) is 6.87.